The highest BCUT2D eigenvalue weighted by Gasteiger charge is 2.23. The minimum Gasteiger partial charge on any atom is -0.379 e. The Kier molecular flexibility index (Phi) is 3.96. The number of nitrogens with zero attached hydrogens (tertiary/aromatic N) is 3. The predicted octanol–water partition coefficient (Wildman–Crippen LogP) is 1.72. The number of imidazole rings is 1. The number of aromatic nitrogens is 3. The summed E-state index contributed by atoms with van der Waals surface area (Å²) in [6.45, 7) is 4.03. The van der Waals surface area contributed by atoms with Crippen molar-refractivity contribution in [2.75, 3.05) is 19.8 Å². The van der Waals surface area contributed by atoms with E-state index >= 15 is 0 Å². The summed E-state index contributed by atoms with van der Waals surface area (Å²) in [5.74, 6) is 0.681. The zero-order valence-electron chi connectivity index (χ0n) is 12.0. The number of carbonyl (C=O) groups is 1. The zero-order chi connectivity index (χ0) is 14.7. The number of rotatable bonds is 2. The molecular formula is C15H18N4O2. The molecular weight excluding hydrogens is 268 g/mol. The maximum absolute atomic E-state index is 12.7. The first kappa shape index (κ1) is 13.8. The summed E-state index contributed by atoms with van der Waals surface area (Å²) < 4.78 is 5.48. The molecule has 21 heavy (non-hydrogen) atoms. The minimum atomic E-state index is 0.0169. The summed E-state index contributed by atoms with van der Waals surface area (Å²) in [6, 6.07) is 3.60. The first-order chi connectivity index (χ1) is 10.3. The molecule has 3 heterocycles. The van der Waals surface area contributed by atoms with Crippen molar-refractivity contribution in [3.05, 3.63) is 36.3 Å². The molecule has 3 rings (SSSR count). The van der Waals surface area contributed by atoms with Crippen molar-refractivity contribution in [2.24, 2.45) is 0 Å². The number of H-pyrrole nitrogens is 1. The van der Waals surface area contributed by atoms with E-state index in [1.165, 1.54) is 0 Å². The Labute approximate surface area is 123 Å². The largest absolute Gasteiger partial charge is 0.379 e. The molecule has 0 spiro atoms. The molecule has 1 aliphatic rings. The molecule has 0 saturated carbocycles. The highest BCUT2D eigenvalue weighted by atomic mass is 16.5. The van der Waals surface area contributed by atoms with Crippen LogP contribution in [0.3, 0.4) is 0 Å². The number of pyridine rings is 1. The topological polar surface area (TPSA) is 71.1 Å². The molecule has 1 N–H and O–H groups in total. The van der Waals surface area contributed by atoms with Crippen molar-refractivity contribution in [1.82, 2.24) is 19.9 Å². The molecule has 2 aromatic heterocycles. The second kappa shape index (κ2) is 6.05. The van der Waals surface area contributed by atoms with Gasteiger partial charge in [0.1, 0.15) is 5.69 Å². The molecule has 6 heteroatoms. The summed E-state index contributed by atoms with van der Waals surface area (Å²) in [6.07, 6.45) is 5.91. The third-order valence-electron chi connectivity index (χ3n) is 3.59. The van der Waals surface area contributed by atoms with E-state index in [-0.39, 0.29) is 11.9 Å². The summed E-state index contributed by atoms with van der Waals surface area (Å²) >= 11 is 0. The summed E-state index contributed by atoms with van der Waals surface area (Å²) in [4.78, 5) is 26.0. The molecule has 0 radical (unpaired) electrons. The van der Waals surface area contributed by atoms with Crippen LogP contribution in [0.2, 0.25) is 0 Å². The number of amides is 1. The van der Waals surface area contributed by atoms with Crippen LogP contribution >= 0.6 is 0 Å². The molecule has 1 aliphatic heterocycles. The molecule has 2 aromatic rings. The average Bonchev–Trinajstić information content (AvgIpc) is 2.96. The molecule has 0 aromatic carbocycles. The van der Waals surface area contributed by atoms with E-state index in [9.17, 15) is 4.79 Å². The van der Waals surface area contributed by atoms with Crippen molar-refractivity contribution >= 4 is 5.91 Å². The van der Waals surface area contributed by atoms with Crippen molar-refractivity contribution in [3.63, 3.8) is 0 Å². The second-order valence-corrected chi connectivity index (χ2v) is 5.14. The molecule has 0 bridgehead atoms. The molecule has 1 fully saturated rings. The Morgan fingerprint density at radius 1 is 1.43 bits per heavy atom. The van der Waals surface area contributed by atoms with Gasteiger partial charge in [-0.2, -0.15) is 0 Å². The molecule has 110 valence electrons. The molecule has 1 unspecified atom stereocenters. The smallest absolute Gasteiger partial charge is 0.254 e. The molecule has 0 aliphatic carbocycles. The third-order valence-corrected chi connectivity index (χ3v) is 3.59. The highest BCUT2D eigenvalue weighted by Crippen LogP contribution is 2.17. The van der Waals surface area contributed by atoms with Crippen LogP contribution in [0, 0.1) is 0 Å². The third kappa shape index (κ3) is 2.95. The summed E-state index contributed by atoms with van der Waals surface area (Å²) in [7, 11) is 0. The van der Waals surface area contributed by atoms with E-state index in [0.29, 0.717) is 30.3 Å². The van der Waals surface area contributed by atoms with Crippen LogP contribution < -0.4 is 0 Å². The Morgan fingerprint density at radius 3 is 3.14 bits per heavy atom. The lowest BCUT2D eigenvalue weighted by atomic mass is 10.1. The normalized spacial score (nSPS) is 19.3. The number of hydrogen-bond acceptors (Lipinski definition) is 4. The summed E-state index contributed by atoms with van der Waals surface area (Å²) in [5.41, 5.74) is 1.30. The van der Waals surface area contributed by atoms with Crippen LogP contribution in [0.5, 0.6) is 0 Å². The van der Waals surface area contributed by atoms with Gasteiger partial charge in [-0.3, -0.25) is 9.78 Å². The van der Waals surface area contributed by atoms with Crippen molar-refractivity contribution < 1.29 is 9.53 Å². The van der Waals surface area contributed by atoms with E-state index < -0.39 is 0 Å². The molecule has 1 atom stereocenters. The zero-order valence-corrected chi connectivity index (χ0v) is 12.0. The van der Waals surface area contributed by atoms with Crippen LogP contribution in [-0.2, 0) is 4.74 Å². The number of hydrogen-bond donors (Lipinski definition) is 1. The van der Waals surface area contributed by atoms with E-state index in [0.717, 1.165) is 13.0 Å². The SMILES string of the molecule is CC1COCCCN1C(=O)c1ccnc(-c2ncc[nH]2)c1. The molecule has 1 saturated heterocycles. The fraction of sp³-hybridized carbons (Fsp3) is 0.400. The lowest BCUT2D eigenvalue weighted by Gasteiger charge is -2.26. The van der Waals surface area contributed by atoms with Gasteiger partial charge in [-0.25, -0.2) is 4.98 Å². The Hall–Kier alpha value is -2.21. The van der Waals surface area contributed by atoms with Gasteiger partial charge in [0.15, 0.2) is 5.82 Å². The maximum atomic E-state index is 12.7. The average molecular weight is 286 g/mol. The van der Waals surface area contributed by atoms with Crippen LogP contribution in [-0.4, -0.2) is 51.6 Å². The number of nitrogens with one attached hydrogen (secondary N) is 1. The Balaban J connectivity index is 1.85. The highest BCUT2D eigenvalue weighted by molar-refractivity contribution is 5.95. The molecule has 6 nitrogen and oxygen atoms in total. The van der Waals surface area contributed by atoms with E-state index in [4.69, 9.17) is 4.74 Å². The van der Waals surface area contributed by atoms with Crippen molar-refractivity contribution in [1.29, 1.82) is 0 Å². The van der Waals surface area contributed by atoms with Crippen LogP contribution in [0.15, 0.2) is 30.7 Å². The van der Waals surface area contributed by atoms with Gasteiger partial charge < -0.3 is 14.6 Å². The van der Waals surface area contributed by atoms with Gasteiger partial charge in [0.25, 0.3) is 5.91 Å². The van der Waals surface area contributed by atoms with Crippen molar-refractivity contribution in [3.8, 4) is 11.5 Å². The predicted molar refractivity (Wildman–Crippen MR) is 77.8 cm³/mol. The van der Waals surface area contributed by atoms with Gasteiger partial charge in [0.05, 0.1) is 12.6 Å². The quantitative estimate of drug-likeness (QED) is 0.912. The lowest BCUT2D eigenvalue weighted by Crippen LogP contribution is -2.40. The Morgan fingerprint density at radius 2 is 2.33 bits per heavy atom. The maximum Gasteiger partial charge on any atom is 0.254 e. The molecule has 1 amide bonds. The van der Waals surface area contributed by atoms with Crippen LogP contribution in [0.1, 0.15) is 23.7 Å². The fourth-order valence-corrected chi connectivity index (χ4v) is 2.47. The standard InChI is InChI=1S/C15H18N4O2/c1-11-10-21-8-2-7-19(11)15(20)12-3-4-16-13(9-12)14-17-5-6-18-14/h3-6,9,11H,2,7-8,10H2,1H3,(H,17,18). The van der Waals surface area contributed by atoms with Gasteiger partial charge in [-0.15, -0.1) is 0 Å². The monoisotopic (exact) mass is 286 g/mol. The number of ether oxygens (including phenoxy) is 1. The minimum absolute atomic E-state index is 0.0169. The Bertz CT molecular complexity index is 612. The lowest BCUT2D eigenvalue weighted by molar-refractivity contribution is 0.0633. The first-order valence-electron chi connectivity index (χ1n) is 7.10. The van der Waals surface area contributed by atoms with Crippen molar-refractivity contribution in [2.45, 2.75) is 19.4 Å². The number of carbonyl (C=O) groups excluding carboxylic acids is 1. The van der Waals surface area contributed by atoms with Gasteiger partial charge in [0.2, 0.25) is 0 Å². The van der Waals surface area contributed by atoms with E-state index in [1.807, 2.05) is 11.8 Å². The fourth-order valence-electron chi connectivity index (χ4n) is 2.47. The second-order valence-electron chi connectivity index (χ2n) is 5.14. The van der Waals surface area contributed by atoms with Gasteiger partial charge >= 0.3 is 0 Å². The van der Waals surface area contributed by atoms with Crippen LogP contribution in [0.25, 0.3) is 11.5 Å². The number of aromatic amines is 1. The van der Waals surface area contributed by atoms with Crippen LogP contribution in [0.4, 0.5) is 0 Å². The van der Waals surface area contributed by atoms with Gasteiger partial charge in [-0.05, 0) is 25.5 Å². The van der Waals surface area contributed by atoms with E-state index in [2.05, 4.69) is 15.0 Å². The first-order valence-corrected chi connectivity index (χ1v) is 7.10. The van der Waals surface area contributed by atoms with E-state index in [1.54, 1.807) is 30.7 Å². The van der Waals surface area contributed by atoms with Gasteiger partial charge in [-0.1, -0.05) is 0 Å². The summed E-state index contributed by atoms with van der Waals surface area (Å²) in [5, 5.41) is 0. The van der Waals surface area contributed by atoms with Gasteiger partial charge in [0, 0.05) is 37.3 Å².